The van der Waals surface area contributed by atoms with Crippen LogP contribution < -0.4 is 0 Å². The summed E-state index contributed by atoms with van der Waals surface area (Å²) in [5.74, 6) is -1.76. The molecule has 0 spiro atoms. The minimum absolute atomic E-state index is 0. The molecule has 0 aliphatic carbocycles. The van der Waals surface area contributed by atoms with E-state index in [1.165, 1.54) is 0 Å². The van der Waals surface area contributed by atoms with Gasteiger partial charge in [-0.1, -0.05) is 7.43 Å². The quantitative estimate of drug-likeness (QED) is 0.313. The number of aliphatic hydroxyl groups is 4. The first-order valence-corrected chi connectivity index (χ1v) is 3.32. The number of aliphatic carboxylic acids is 1. The molecule has 4 atom stereocenters. The Morgan fingerprint density at radius 1 is 1.07 bits per heavy atom. The highest BCUT2D eigenvalue weighted by molar-refractivity contribution is 5.73. The van der Waals surface area contributed by atoms with Gasteiger partial charge in [0.2, 0.25) is 0 Å². The molecular weight excluding hydrogens is 196 g/mol. The average Bonchev–Trinajstić information content (AvgIpc) is 2.12. The number of aliphatic hydroxyl groups excluding tert-OH is 4. The molecular formula is C7H14O7. The fourth-order valence-corrected chi connectivity index (χ4v) is 0.615. The maximum atomic E-state index is 10.1. The van der Waals surface area contributed by atoms with Gasteiger partial charge < -0.3 is 30.3 Å². The molecule has 14 heavy (non-hydrogen) atoms. The number of carbonyl (C=O) groups excluding carboxylic acids is 1. The van der Waals surface area contributed by atoms with Gasteiger partial charge in [-0.15, -0.1) is 0 Å². The molecule has 7 heteroatoms. The molecule has 0 saturated carbocycles. The SMILES string of the molecule is C.O=CC(O)C(O)C(O)C(O)C(=O)O. The first kappa shape index (κ1) is 15.5. The van der Waals surface area contributed by atoms with Crippen LogP contribution in [0.25, 0.3) is 0 Å². The van der Waals surface area contributed by atoms with Crippen LogP contribution in [0.15, 0.2) is 0 Å². The molecule has 84 valence electrons. The van der Waals surface area contributed by atoms with E-state index in [2.05, 4.69) is 0 Å². The first-order chi connectivity index (χ1) is 5.91. The Morgan fingerprint density at radius 3 is 1.79 bits per heavy atom. The van der Waals surface area contributed by atoms with Crippen LogP contribution in [0.3, 0.4) is 0 Å². The van der Waals surface area contributed by atoms with Gasteiger partial charge in [0.1, 0.15) is 18.3 Å². The second-order valence-corrected chi connectivity index (χ2v) is 2.39. The number of carboxylic acids is 1. The van der Waals surface area contributed by atoms with E-state index >= 15 is 0 Å². The van der Waals surface area contributed by atoms with Crippen molar-refractivity contribution in [2.24, 2.45) is 0 Å². The van der Waals surface area contributed by atoms with Crippen molar-refractivity contribution >= 4 is 12.3 Å². The molecule has 0 saturated heterocycles. The van der Waals surface area contributed by atoms with E-state index < -0.39 is 30.4 Å². The van der Waals surface area contributed by atoms with Crippen LogP contribution in [0.1, 0.15) is 7.43 Å². The molecule has 0 bridgehead atoms. The summed E-state index contributed by atoms with van der Waals surface area (Å²) in [6.45, 7) is 0. The molecule has 0 radical (unpaired) electrons. The molecule has 0 aromatic heterocycles. The van der Waals surface area contributed by atoms with Crippen LogP contribution in [0.2, 0.25) is 0 Å². The van der Waals surface area contributed by atoms with Crippen molar-refractivity contribution in [3.05, 3.63) is 0 Å². The van der Waals surface area contributed by atoms with Gasteiger partial charge in [-0.25, -0.2) is 4.79 Å². The molecule has 0 heterocycles. The van der Waals surface area contributed by atoms with Gasteiger partial charge >= 0.3 is 5.97 Å². The fraction of sp³-hybridized carbons (Fsp3) is 0.714. The van der Waals surface area contributed by atoms with E-state index in [4.69, 9.17) is 25.5 Å². The zero-order chi connectivity index (χ0) is 10.6. The normalized spacial score (nSPS) is 18.6. The maximum absolute atomic E-state index is 10.1. The van der Waals surface area contributed by atoms with Crippen molar-refractivity contribution < 1.29 is 35.1 Å². The lowest BCUT2D eigenvalue weighted by atomic mass is 10.0. The lowest BCUT2D eigenvalue weighted by Gasteiger charge is -2.21. The number of carboxylic acid groups (broad SMARTS) is 1. The molecule has 0 aliphatic heterocycles. The number of hydrogen-bond donors (Lipinski definition) is 5. The van der Waals surface area contributed by atoms with Crippen LogP contribution in [0.5, 0.6) is 0 Å². The van der Waals surface area contributed by atoms with Gasteiger partial charge in [0.05, 0.1) is 0 Å². The summed E-state index contributed by atoms with van der Waals surface area (Å²) in [7, 11) is 0. The van der Waals surface area contributed by atoms with Crippen molar-refractivity contribution in [2.75, 3.05) is 0 Å². The highest BCUT2D eigenvalue weighted by Crippen LogP contribution is 2.03. The molecule has 4 unspecified atom stereocenters. The van der Waals surface area contributed by atoms with E-state index in [1.54, 1.807) is 0 Å². The zero-order valence-corrected chi connectivity index (χ0v) is 6.44. The summed E-state index contributed by atoms with van der Waals surface area (Å²) in [4.78, 5) is 20.0. The Labute approximate surface area is 80.2 Å². The standard InChI is InChI=1S/C6H10O7.CH4/c7-1-2(8)3(9)4(10)5(11)6(12)13;/h1-5,8-11H,(H,12,13);1H4. The summed E-state index contributed by atoms with van der Waals surface area (Å²) in [5, 5.41) is 43.2. The third-order valence-corrected chi connectivity index (χ3v) is 1.42. The van der Waals surface area contributed by atoms with Crippen LogP contribution in [0, 0.1) is 0 Å². The molecule has 0 aromatic carbocycles. The van der Waals surface area contributed by atoms with Crippen molar-refractivity contribution in [1.82, 2.24) is 0 Å². The lowest BCUT2D eigenvalue weighted by molar-refractivity contribution is -0.163. The van der Waals surface area contributed by atoms with Crippen molar-refractivity contribution in [3.8, 4) is 0 Å². The predicted molar refractivity (Wildman–Crippen MR) is 44.5 cm³/mol. The van der Waals surface area contributed by atoms with Gasteiger partial charge in [-0.2, -0.15) is 0 Å². The Balaban J connectivity index is 0. The van der Waals surface area contributed by atoms with Gasteiger partial charge in [0, 0.05) is 0 Å². The smallest absolute Gasteiger partial charge is 0.335 e. The topological polar surface area (TPSA) is 135 Å². The minimum atomic E-state index is -2.25. The summed E-state index contributed by atoms with van der Waals surface area (Å²) in [5.41, 5.74) is 0. The molecule has 0 rings (SSSR count). The summed E-state index contributed by atoms with van der Waals surface area (Å²) in [6.07, 6.45) is -8.39. The summed E-state index contributed by atoms with van der Waals surface area (Å²) < 4.78 is 0. The lowest BCUT2D eigenvalue weighted by Crippen LogP contribution is -2.48. The first-order valence-electron chi connectivity index (χ1n) is 3.32. The molecule has 7 nitrogen and oxygen atoms in total. The average molecular weight is 210 g/mol. The largest absolute Gasteiger partial charge is 0.479 e. The van der Waals surface area contributed by atoms with E-state index in [0.717, 1.165) is 0 Å². The maximum Gasteiger partial charge on any atom is 0.335 e. The molecule has 0 aromatic rings. The highest BCUT2D eigenvalue weighted by Gasteiger charge is 2.33. The summed E-state index contributed by atoms with van der Waals surface area (Å²) in [6, 6.07) is 0. The Kier molecular flexibility index (Phi) is 7.10. The van der Waals surface area contributed by atoms with Gasteiger partial charge in [-0.3, -0.25) is 0 Å². The molecule has 5 N–H and O–H groups in total. The Hall–Kier alpha value is -1.02. The third-order valence-electron chi connectivity index (χ3n) is 1.42. The van der Waals surface area contributed by atoms with Crippen molar-refractivity contribution in [1.29, 1.82) is 0 Å². The van der Waals surface area contributed by atoms with Crippen LogP contribution >= 0.6 is 0 Å². The monoisotopic (exact) mass is 210 g/mol. The number of aldehydes is 1. The van der Waals surface area contributed by atoms with Gasteiger partial charge in [-0.05, 0) is 0 Å². The van der Waals surface area contributed by atoms with Crippen LogP contribution in [0.4, 0.5) is 0 Å². The van der Waals surface area contributed by atoms with E-state index in [-0.39, 0.29) is 13.7 Å². The fourth-order valence-electron chi connectivity index (χ4n) is 0.615. The molecule has 0 fully saturated rings. The predicted octanol–water partition coefficient (Wildman–Crippen LogP) is -2.65. The van der Waals surface area contributed by atoms with E-state index in [9.17, 15) is 9.59 Å². The van der Waals surface area contributed by atoms with Gasteiger partial charge in [0.25, 0.3) is 0 Å². The van der Waals surface area contributed by atoms with E-state index in [0.29, 0.717) is 0 Å². The molecule has 0 aliphatic rings. The van der Waals surface area contributed by atoms with E-state index in [1.807, 2.05) is 0 Å². The zero-order valence-electron chi connectivity index (χ0n) is 6.44. The second-order valence-electron chi connectivity index (χ2n) is 2.39. The Bertz CT molecular complexity index is 192. The van der Waals surface area contributed by atoms with Crippen molar-refractivity contribution in [3.63, 3.8) is 0 Å². The Morgan fingerprint density at radius 2 is 1.50 bits per heavy atom. The number of hydrogen-bond acceptors (Lipinski definition) is 6. The van der Waals surface area contributed by atoms with Crippen molar-refractivity contribution in [2.45, 2.75) is 31.8 Å². The number of rotatable bonds is 5. The van der Waals surface area contributed by atoms with Crippen LogP contribution in [-0.2, 0) is 9.59 Å². The number of carbonyl (C=O) groups is 2. The van der Waals surface area contributed by atoms with Crippen LogP contribution in [-0.4, -0.2) is 62.2 Å². The minimum Gasteiger partial charge on any atom is -0.479 e. The van der Waals surface area contributed by atoms with Gasteiger partial charge in [0.15, 0.2) is 12.4 Å². The second kappa shape index (κ2) is 6.44. The highest BCUT2D eigenvalue weighted by atomic mass is 16.4. The molecule has 0 amide bonds. The summed E-state index contributed by atoms with van der Waals surface area (Å²) >= 11 is 0. The third kappa shape index (κ3) is 3.79.